The quantitative estimate of drug-likeness (QED) is 0.463. The van der Waals surface area contributed by atoms with E-state index in [4.69, 9.17) is 4.98 Å². The zero-order chi connectivity index (χ0) is 20.3. The van der Waals surface area contributed by atoms with Gasteiger partial charge in [0.05, 0.1) is 10.6 Å². The second kappa shape index (κ2) is 8.29. The first-order valence-corrected chi connectivity index (χ1v) is 11.5. The van der Waals surface area contributed by atoms with Crippen molar-refractivity contribution >= 4 is 21.4 Å². The largest absolute Gasteiger partial charge is 0.240 e. The van der Waals surface area contributed by atoms with Gasteiger partial charge in [0.2, 0.25) is 10.0 Å². The molecule has 0 fully saturated rings. The summed E-state index contributed by atoms with van der Waals surface area (Å²) >= 11 is 1.60. The number of hydrogen-bond acceptors (Lipinski definition) is 4. The standard InChI is InChI=1S/C23H20N2O2S2/c1-17-7-13-21(14-8-17)29(26,27)24-15-18-9-11-20(12-10-18)23-25-22(16-28-23)19-5-3-2-4-6-19/h2-14,16,24H,15H2,1H3. The predicted molar refractivity (Wildman–Crippen MR) is 118 cm³/mol. The first-order chi connectivity index (χ1) is 14.0. The Bertz CT molecular complexity index is 1200. The number of hydrogen-bond donors (Lipinski definition) is 1. The molecule has 0 saturated carbocycles. The van der Waals surface area contributed by atoms with Crippen LogP contribution in [0.4, 0.5) is 0 Å². The van der Waals surface area contributed by atoms with Gasteiger partial charge in [-0.25, -0.2) is 18.1 Å². The molecular weight excluding hydrogens is 400 g/mol. The minimum atomic E-state index is -3.53. The highest BCUT2D eigenvalue weighted by molar-refractivity contribution is 7.89. The summed E-state index contributed by atoms with van der Waals surface area (Å²) in [5, 5.41) is 2.99. The number of benzene rings is 3. The first kappa shape index (κ1) is 19.5. The Balaban J connectivity index is 1.44. The SMILES string of the molecule is Cc1ccc(S(=O)(=O)NCc2ccc(-c3nc(-c4ccccc4)cs3)cc2)cc1. The average molecular weight is 421 g/mol. The van der Waals surface area contributed by atoms with Crippen molar-refractivity contribution in [1.29, 1.82) is 0 Å². The second-order valence-corrected chi connectivity index (χ2v) is 9.36. The van der Waals surface area contributed by atoms with Gasteiger partial charge in [-0.05, 0) is 24.6 Å². The van der Waals surface area contributed by atoms with Gasteiger partial charge in [0, 0.05) is 23.1 Å². The highest BCUT2D eigenvalue weighted by atomic mass is 32.2. The Morgan fingerprint density at radius 1 is 0.862 bits per heavy atom. The molecular formula is C23H20N2O2S2. The highest BCUT2D eigenvalue weighted by Gasteiger charge is 2.13. The lowest BCUT2D eigenvalue weighted by molar-refractivity contribution is 0.581. The van der Waals surface area contributed by atoms with Gasteiger partial charge in [0.15, 0.2) is 0 Å². The van der Waals surface area contributed by atoms with Crippen molar-refractivity contribution in [1.82, 2.24) is 9.71 Å². The monoisotopic (exact) mass is 420 g/mol. The van der Waals surface area contributed by atoms with Gasteiger partial charge in [0.25, 0.3) is 0 Å². The third kappa shape index (κ3) is 4.62. The van der Waals surface area contributed by atoms with Gasteiger partial charge < -0.3 is 0 Å². The summed E-state index contributed by atoms with van der Waals surface area (Å²) in [5.74, 6) is 0. The lowest BCUT2D eigenvalue weighted by atomic mass is 10.1. The molecule has 0 aliphatic heterocycles. The number of thiazole rings is 1. The summed E-state index contributed by atoms with van der Waals surface area (Å²) in [6.07, 6.45) is 0. The molecule has 3 aromatic carbocycles. The van der Waals surface area contributed by atoms with Crippen molar-refractivity contribution in [3.05, 3.63) is 95.4 Å². The van der Waals surface area contributed by atoms with E-state index >= 15 is 0 Å². The summed E-state index contributed by atoms with van der Waals surface area (Å²) in [6.45, 7) is 2.17. The molecule has 4 rings (SSSR count). The zero-order valence-corrected chi connectivity index (χ0v) is 17.5. The molecule has 146 valence electrons. The Morgan fingerprint density at radius 3 is 2.24 bits per heavy atom. The molecule has 1 aromatic heterocycles. The number of nitrogens with zero attached hydrogens (tertiary/aromatic N) is 1. The minimum Gasteiger partial charge on any atom is -0.236 e. The fourth-order valence-electron chi connectivity index (χ4n) is 2.89. The third-order valence-electron chi connectivity index (χ3n) is 4.57. The van der Waals surface area contributed by atoms with Gasteiger partial charge in [-0.1, -0.05) is 72.3 Å². The summed E-state index contributed by atoms with van der Waals surface area (Å²) in [7, 11) is -3.53. The Kier molecular flexibility index (Phi) is 5.58. The van der Waals surface area contributed by atoms with Crippen LogP contribution in [0.2, 0.25) is 0 Å². The third-order valence-corrected chi connectivity index (χ3v) is 6.88. The molecule has 0 spiro atoms. The van der Waals surface area contributed by atoms with Gasteiger partial charge >= 0.3 is 0 Å². The van der Waals surface area contributed by atoms with Crippen LogP contribution in [-0.2, 0) is 16.6 Å². The van der Waals surface area contributed by atoms with Crippen LogP contribution in [0.15, 0.2) is 89.1 Å². The van der Waals surface area contributed by atoms with Gasteiger partial charge in [-0.2, -0.15) is 0 Å². The first-order valence-electron chi connectivity index (χ1n) is 9.18. The number of nitrogens with one attached hydrogen (secondary N) is 1. The molecule has 1 N–H and O–H groups in total. The average Bonchev–Trinajstić information content (AvgIpc) is 3.24. The molecule has 0 aliphatic carbocycles. The van der Waals surface area contributed by atoms with E-state index in [1.807, 2.05) is 66.9 Å². The summed E-state index contributed by atoms with van der Waals surface area (Å²) in [5.41, 5.74) is 4.99. The van der Waals surface area contributed by atoms with Crippen LogP contribution in [0.5, 0.6) is 0 Å². The maximum Gasteiger partial charge on any atom is 0.240 e. The molecule has 4 aromatic rings. The molecule has 1 heterocycles. The van der Waals surface area contributed by atoms with Crippen LogP contribution in [0.3, 0.4) is 0 Å². The van der Waals surface area contributed by atoms with Crippen LogP contribution < -0.4 is 4.72 Å². The molecule has 29 heavy (non-hydrogen) atoms. The number of aryl methyl sites for hydroxylation is 1. The molecule has 0 unspecified atom stereocenters. The fraction of sp³-hybridized carbons (Fsp3) is 0.0870. The topological polar surface area (TPSA) is 59.1 Å². The van der Waals surface area contributed by atoms with Gasteiger partial charge in [-0.3, -0.25) is 0 Å². The predicted octanol–water partition coefficient (Wildman–Crippen LogP) is 5.26. The summed E-state index contributed by atoms with van der Waals surface area (Å²) < 4.78 is 27.5. The van der Waals surface area contributed by atoms with Gasteiger partial charge in [-0.15, -0.1) is 11.3 Å². The van der Waals surface area contributed by atoms with Crippen molar-refractivity contribution in [3.8, 4) is 21.8 Å². The van der Waals surface area contributed by atoms with Crippen LogP contribution in [0, 0.1) is 6.92 Å². The maximum absolute atomic E-state index is 12.4. The Hall–Kier alpha value is -2.80. The van der Waals surface area contributed by atoms with E-state index in [2.05, 4.69) is 4.72 Å². The van der Waals surface area contributed by atoms with E-state index in [1.54, 1.807) is 35.6 Å². The van der Waals surface area contributed by atoms with E-state index < -0.39 is 10.0 Å². The van der Waals surface area contributed by atoms with Crippen molar-refractivity contribution < 1.29 is 8.42 Å². The molecule has 0 bridgehead atoms. The molecule has 6 heteroatoms. The molecule has 4 nitrogen and oxygen atoms in total. The van der Waals surface area contributed by atoms with E-state index in [1.165, 1.54) is 0 Å². The van der Waals surface area contributed by atoms with Crippen molar-refractivity contribution in [2.45, 2.75) is 18.4 Å². The fourth-order valence-corrected chi connectivity index (χ4v) is 4.75. The van der Waals surface area contributed by atoms with Crippen LogP contribution in [0.1, 0.15) is 11.1 Å². The van der Waals surface area contributed by atoms with Crippen molar-refractivity contribution in [2.24, 2.45) is 0 Å². The van der Waals surface area contributed by atoms with Crippen LogP contribution in [-0.4, -0.2) is 13.4 Å². The molecule has 0 saturated heterocycles. The number of sulfonamides is 1. The Labute approximate surface area is 175 Å². The summed E-state index contributed by atoms with van der Waals surface area (Å²) in [6, 6.07) is 24.7. The molecule has 0 atom stereocenters. The zero-order valence-electron chi connectivity index (χ0n) is 15.9. The molecule has 0 aliphatic rings. The van der Waals surface area contributed by atoms with Crippen molar-refractivity contribution in [3.63, 3.8) is 0 Å². The van der Waals surface area contributed by atoms with E-state index in [9.17, 15) is 8.42 Å². The second-order valence-electron chi connectivity index (χ2n) is 6.74. The van der Waals surface area contributed by atoms with E-state index in [-0.39, 0.29) is 11.4 Å². The van der Waals surface area contributed by atoms with Crippen molar-refractivity contribution in [2.75, 3.05) is 0 Å². The summed E-state index contributed by atoms with van der Waals surface area (Å²) in [4.78, 5) is 4.99. The van der Waals surface area contributed by atoms with E-state index in [0.29, 0.717) is 0 Å². The maximum atomic E-state index is 12.4. The Morgan fingerprint density at radius 2 is 1.55 bits per heavy atom. The lowest BCUT2D eigenvalue weighted by Crippen LogP contribution is -2.23. The van der Waals surface area contributed by atoms with Crippen LogP contribution >= 0.6 is 11.3 Å². The van der Waals surface area contributed by atoms with E-state index in [0.717, 1.165) is 33.0 Å². The molecule has 0 amide bonds. The lowest BCUT2D eigenvalue weighted by Gasteiger charge is -2.08. The normalized spacial score (nSPS) is 11.5. The van der Waals surface area contributed by atoms with Crippen LogP contribution in [0.25, 0.3) is 21.8 Å². The number of rotatable bonds is 6. The van der Waals surface area contributed by atoms with Gasteiger partial charge in [0.1, 0.15) is 5.01 Å². The molecule has 0 radical (unpaired) electrons. The number of aromatic nitrogens is 1. The smallest absolute Gasteiger partial charge is 0.236 e. The minimum absolute atomic E-state index is 0.240. The highest BCUT2D eigenvalue weighted by Crippen LogP contribution is 2.29.